The standard InChI is InChI=1S/C13H11FN2O2/c14-10-3-1-9(2-4-10)13(6-7-13)16-12(18)11(17)5-8-15-16/h1-5,8,17H,6-7H2. The third-order valence-electron chi connectivity index (χ3n) is 3.34. The number of rotatable bonds is 2. The molecule has 1 N–H and O–H groups in total. The summed E-state index contributed by atoms with van der Waals surface area (Å²) in [6.45, 7) is 0. The van der Waals surface area contributed by atoms with Crippen LogP contribution in [0.1, 0.15) is 18.4 Å². The third-order valence-corrected chi connectivity index (χ3v) is 3.34. The zero-order chi connectivity index (χ0) is 12.8. The van der Waals surface area contributed by atoms with Crippen molar-refractivity contribution in [1.82, 2.24) is 9.78 Å². The summed E-state index contributed by atoms with van der Waals surface area (Å²) in [4.78, 5) is 11.9. The van der Waals surface area contributed by atoms with E-state index in [1.165, 1.54) is 29.1 Å². The van der Waals surface area contributed by atoms with Crippen LogP contribution in [-0.4, -0.2) is 14.9 Å². The largest absolute Gasteiger partial charge is 0.503 e. The fourth-order valence-corrected chi connectivity index (χ4v) is 2.21. The lowest BCUT2D eigenvalue weighted by atomic mass is 10.1. The van der Waals surface area contributed by atoms with Gasteiger partial charge in [-0.15, -0.1) is 0 Å². The first-order chi connectivity index (χ1) is 8.63. The molecule has 1 aromatic heterocycles. The van der Waals surface area contributed by atoms with E-state index in [4.69, 9.17) is 0 Å². The molecular formula is C13H11FN2O2. The highest BCUT2D eigenvalue weighted by Gasteiger charge is 2.48. The van der Waals surface area contributed by atoms with Gasteiger partial charge >= 0.3 is 5.56 Å². The van der Waals surface area contributed by atoms with Crippen molar-refractivity contribution in [3.8, 4) is 5.75 Å². The summed E-state index contributed by atoms with van der Waals surface area (Å²) in [5.41, 5.74) is -0.202. The Hall–Kier alpha value is -2.17. The molecular weight excluding hydrogens is 235 g/mol. The third kappa shape index (κ3) is 1.51. The van der Waals surface area contributed by atoms with Gasteiger partial charge in [-0.05, 0) is 30.5 Å². The average Bonchev–Trinajstić information content (AvgIpc) is 3.15. The van der Waals surface area contributed by atoms with Crippen LogP contribution < -0.4 is 5.56 Å². The summed E-state index contributed by atoms with van der Waals surface area (Å²) in [6.07, 6.45) is 2.91. The quantitative estimate of drug-likeness (QED) is 0.876. The number of nitrogens with zero attached hydrogens (tertiary/aromatic N) is 2. The zero-order valence-corrected chi connectivity index (χ0v) is 9.51. The van der Waals surface area contributed by atoms with E-state index in [-0.39, 0.29) is 11.6 Å². The van der Waals surface area contributed by atoms with Crippen LogP contribution in [0.3, 0.4) is 0 Å². The lowest BCUT2D eigenvalue weighted by Gasteiger charge is -2.17. The summed E-state index contributed by atoms with van der Waals surface area (Å²) < 4.78 is 14.2. The van der Waals surface area contributed by atoms with Gasteiger partial charge in [-0.3, -0.25) is 4.79 Å². The van der Waals surface area contributed by atoms with Crippen LogP contribution in [0.25, 0.3) is 0 Å². The van der Waals surface area contributed by atoms with E-state index in [9.17, 15) is 14.3 Å². The van der Waals surface area contributed by atoms with Crippen LogP contribution in [0.5, 0.6) is 5.75 Å². The van der Waals surface area contributed by atoms with Crippen molar-refractivity contribution in [2.75, 3.05) is 0 Å². The molecule has 0 atom stereocenters. The molecule has 0 unspecified atom stereocenters. The Labute approximate surface area is 102 Å². The molecule has 92 valence electrons. The Morgan fingerprint density at radius 2 is 1.89 bits per heavy atom. The predicted octanol–water partition coefficient (Wildman–Crippen LogP) is 1.63. The molecule has 5 heteroatoms. The average molecular weight is 246 g/mol. The second-order valence-corrected chi connectivity index (χ2v) is 4.47. The molecule has 0 spiro atoms. The molecule has 1 aliphatic rings. The van der Waals surface area contributed by atoms with Crippen molar-refractivity contribution in [1.29, 1.82) is 0 Å². The van der Waals surface area contributed by atoms with Crippen LogP contribution >= 0.6 is 0 Å². The van der Waals surface area contributed by atoms with Gasteiger partial charge in [0.2, 0.25) is 0 Å². The Balaban J connectivity index is 2.13. The zero-order valence-electron chi connectivity index (χ0n) is 9.51. The highest BCUT2D eigenvalue weighted by molar-refractivity contribution is 5.32. The molecule has 1 saturated carbocycles. The van der Waals surface area contributed by atoms with Gasteiger partial charge in [-0.1, -0.05) is 12.1 Å². The second-order valence-electron chi connectivity index (χ2n) is 4.47. The van der Waals surface area contributed by atoms with E-state index < -0.39 is 11.1 Å². The molecule has 0 radical (unpaired) electrons. The number of halogens is 1. The number of hydrogen-bond acceptors (Lipinski definition) is 3. The highest BCUT2D eigenvalue weighted by Crippen LogP contribution is 2.48. The maximum atomic E-state index is 12.9. The molecule has 18 heavy (non-hydrogen) atoms. The number of aromatic nitrogens is 2. The topological polar surface area (TPSA) is 55.1 Å². The van der Waals surface area contributed by atoms with E-state index in [1.807, 2.05) is 0 Å². The van der Waals surface area contributed by atoms with Gasteiger partial charge in [0.1, 0.15) is 5.82 Å². The molecule has 0 amide bonds. The van der Waals surface area contributed by atoms with Crippen molar-refractivity contribution in [3.05, 3.63) is 58.3 Å². The number of hydrogen-bond donors (Lipinski definition) is 1. The first kappa shape index (κ1) is 11.0. The number of aromatic hydroxyl groups is 1. The monoisotopic (exact) mass is 246 g/mol. The SMILES string of the molecule is O=c1c(O)ccnn1C1(c2ccc(F)cc2)CC1. The molecule has 0 bridgehead atoms. The van der Waals surface area contributed by atoms with Crippen molar-refractivity contribution in [2.24, 2.45) is 0 Å². The molecule has 4 nitrogen and oxygen atoms in total. The summed E-state index contributed by atoms with van der Waals surface area (Å²) in [5.74, 6) is -0.635. The molecule has 1 aromatic carbocycles. The van der Waals surface area contributed by atoms with Gasteiger partial charge in [0.15, 0.2) is 5.75 Å². The van der Waals surface area contributed by atoms with E-state index in [0.29, 0.717) is 0 Å². The Bertz CT molecular complexity index is 645. The van der Waals surface area contributed by atoms with E-state index in [2.05, 4.69) is 5.10 Å². The Morgan fingerprint density at radius 1 is 1.22 bits per heavy atom. The molecule has 1 aliphatic carbocycles. The van der Waals surface area contributed by atoms with E-state index in [0.717, 1.165) is 18.4 Å². The first-order valence-electron chi connectivity index (χ1n) is 5.67. The minimum absolute atomic E-state index is 0.314. The minimum Gasteiger partial charge on any atom is -0.503 e. The van der Waals surface area contributed by atoms with Gasteiger partial charge < -0.3 is 5.11 Å². The second kappa shape index (κ2) is 3.66. The van der Waals surface area contributed by atoms with Gasteiger partial charge in [0.25, 0.3) is 0 Å². The summed E-state index contributed by atoms with van der Waals surface area (Å²) in [7, 11) is 0. The van der Waals surface area contributed by atoms with Crippen LogP contribution in [-0.2, 0) is 5.54 Å². The predicted molar refractivity (Wildman–Crippen MR) is 62.9 cm³/mol. The lowest BCUT2D eigenvalue weighted by molar-refractivity contribution is 0.419. The van der Waals surface area contributed by atoms with Gasteiger partial charge in [0, 0.05) is 6.07 Å². The van der Waals surface area contributed by atoms with E-state index in [1.54, 1.807) is 12.1 Å². The van der Waals surface area contributed by atoms with Crippen molar-refractivity contribution < 1.29 is 9.50 Å². The maximum Gasteiger partial charge on any atom is 0.309 e. The fourth-order valence-electron chi connectivity index (χ4n) is 2.21. The maximum absolute atomic E-state index is 12.9. The minimum atomic E-state index is -0.524. The van der Waals surface area contributed by atoms with Crippen LogP contribution in [0, 0.1) is 5.82 Å². The molecule has 1 heterocycles. The summed E-state index contributed by atoms with van der Waals surface area (Å²) >= 11 is 0. The highest BCUT2D eigenvalue weighted by atomic mass is 19.1. The van der Waals surface area contributed by atoms with Gasteiger partial charge in [-0.2, -0.15) is 5.10 Å². The van der Waals surface area contributed by atoms with Gasteiger partial charge in [-0.25, -0.2) is 9.07 Å². The smallest absolute Gasteiger partial charge is 0.309 e. The Kier molecular flexibility index (Phi) is 2.23. The van der Waals surface area contributed by atoms with Crippen molar-refractivity contribution in [3.63, 3.8) is 0 Å². The summed E-state index contributed by atoms with van der Waals surface area (Å²) in [5, 5.41) is 13.5. The Morgan fingerprint density at radius 3 is 2.50 bits per heavy atom. The first-order valence-corrected chi connectivity index (χ1v) is 5.67. The van der Waals surface area contributed by atoms with Crippen LogP contribution in [0.4, 0.5) is 4.39 Å². The van der Waals surface area contributed by atoms with Crippen molar-refractivity contribution in [2.45, 2.75) is 18.4 Å². The van der Waals surface area contributed by atoms with Crippen molar-refractivity contribution >= 4 is 0 Å². The van der Waals surface area contributed by atoms with Crippen LogP contribution in [0.2, 0.25) is 0 Å². The number of benzene rings is 1. The van der Waals surface area contributed by atoms with Gasteiger partial charge in [0.05, 0.1) is 11.7 Å². The molecule has 3 rings (SSSR count). The lowest BCUT2D eigenvalue weighted by Crippen LogP contribution is -2.33. The molecule has 0 saturated heterocycles. The molecule has 0 aliphatic heterocycles. The molecule has 2 aromatic rings. The normalized spacial score (nSPS) is 16.5. The van der Waals surface area contributed by atoms with E-state index >= 15 is 0 Å². The molecule has 1 fully saturated rings. The van der Waals surface area contributed by atoms with Crippen LogP contribution in [0.15, 0.2) is 41.3 Å². The summed E-state index contributed by atoms with van der Waals surface area (Å²) in [6, 6.07) is 7.30. The fraction of sp³-hybridized carbons (Fsp3) is 0.231.